The Morgan fingerprint density at radius 1 is 1.00 bits per heavy atom. The third-order valence-corrected chi connectivity index (χ3v) is 9.21. The number of carboxylic acids is 1. The maximum absolute atomic E-state index is 12.2. The number of esters is 1. The zero-order valence-corrected chi connectivity index (χ0v) is 17.2. The van der Waals surface area contributed by atoms with Crippen LogP contribution in [-0.4, -0.2) is 28.9 Å². The number of aliphatic carboxylic acids is 1. The van der Waals surface area contributed by atoms with Crippen LogP contribution in [0.15, 0.2) is 0 Å². The average molecular weight is 391 g/mol. The summed E-state index contributed by atoms with van der Waals surface area (Å²) in [4.78, 5) is 34.9. The highest BCUT2D eigenvalue weighted by molar-refractivity contribution is 5.79. The zero-order chi connectivity index (χ0) is 20.1. The predicted molar refractivity (Wildman–Crippen MR) is 103 cm³/mol. The molecule has 4 saturated carbocycles. The lowest BCUT2D eigenvalue weighted by Gasteiger charge is -2.60. The van der Waals surface area contributed by atoms with E-state index in [0.717, 1.165) is 38.5 Å². The van der Waals surface area contributed by atoms with Gasteiger partial charge < -0.3 is 9.84 Å². The van der Waals surface area contributed by atoms with Crippen LogP contribution in [-0.2, 0) is 19.1 Å². The first-order chi connectivity index (χ1) is 13.2. The summed E-state index contributed by atoms with van der Waals surface area (Å²) in [6, 6.07) is 0. The molecular formula is C23H34O5. The van der Waals surface area contributed by atoms with Gasteiger partial charge in [0.25, 0.3) is 0 Å². The van der Waals surface area contributed by atoms with E-state index in [9.17, 15) is 14.4 Å². The molecule has 7 atom stereocenters. The van der Waals surface area contributed by atoms with Gasteiger partial charge in [-0.15, -0.1) is 0 Å². The molecule has 0 heterocycles. The van der Waals surface area contributed by atoms with Crippen molar-refractivity contribution in [3.05, 3.63) is 0 Å². The largest absolute Gasteiger partial charge is 0.481 e. The Kier molecular flexibility index (Phi) is 5.08. The number of rotatable bonds is 4. The molecule has 0 amide bonds. The molecule has 0 aromatic heterocycles. The van der Waals surface area contributed by atoms with Gasteiger partial charge in [-0.25, -0.2) is 0 Å². The number of carbonyl (C=O) groups excluding carboxylic acids is 2. The number of carbonyl (C=O) groups is 3. The van der Waals surface area contributed by atoms with Crippen molar-refractivity contribution in [3.63, 3.8) is 0 Å². The van der Waals surface area contributed by atoms with E-state index in [4.69, 9.17) is 9.84 Å². The van der Waals surface area contributed by atoms with E-state index in [0.29, 0.717) is 34.9 Å². The van der Waals surface area contributed by atoms with Crippen molar-refractivity contribution < 1.29 is 24.2 Å². The van der Waals surface area contributed by atoms with E-state index in [-0.39, 0.29) is 30.3 Å². The quantitative estimate of drug-likeness (QED) is 0.721. The molecule has 4 rings (SSSR count). The van der Waals surface area contributed by atoms with E-state index in [1.165, 1.54) is 19.3 Å². The van der Waals surface area contributed by atoms with Crippen molar-refractivity contribution in [3.8, 4) is 0 Å². The van der Waals surface area contributed by atoms with Gasteiger partial charge in [0, 0.05) is 18.3 Å². The van der Waals surface area contributed by atoms with Gasteiger partial charge in [-0.3, -0.25) is 14.4 Å². The predicted octanol–water partition coefficient (Wildman–Crippen LogP) is 4.37. The number of fused-ring (bicyclic) bond motifs is 5. The molecule has 4 aliphatic rings. The van der Waals surface area contributed by atoms with Crippen molar-refractivity contribution in [2.45, 2.75) is 90.6 Å². The molecule has 1 N–H and O–H groups in total. The molecule has 5 heteroatoms. The third-order valence-electron chi connectivity index (χ3n) is 9.21. The third kappa shape index (κ3) is 3.19. The van der Waals surface area contributed by atoms with Gasteiger partial charge in [0.05, 0.1) is 12.8 Å². The Balaban J connectivity index is 1.47. The zero-order valence-electron chi connectivity index (χ0n) is 17.2. The number of ether oxygens (including phenoxy) is 1. The summed E-state index contributed by atoms with van der Waals surface area (Å²) in [5.74, 6) is 1.65. The molecular weight excluding hydrogens is 356 g/mol. The second-order valence-corrected chi connectivity index (χ2v) is 10.4. The molecule has 0 aromatic rings. The van der Waals surface area contributed by atoms with E-state index in [1.54, 1.807) is 0 Å². The molecule has 5 nitrogen and oxygen atoms in total. The van der Waals surface area contributed by atoms with Crippen molar-refractivity contribution in [1.82, 2.24) is 0 Å². The minimum Gasteiger partial charge on any atom is -0.481 e. The molecule has 0 spiro atoms. The summed E-state index contributed by atoms with van der Waals surface area (Å²) in [6.45, 7) is 4.75. The van der Waals surface area contributed by atoms with Gasteiger partial charge in [0.15, 0.2) is 0 Å². The van der Waals surface area contributed by atoms with Gasteiger partial charge in [-0.05, 0) is 74.0 Å². The summed E-state index contributed by atoms with van der Waals surface area (Å²) in [6.07, 6.45) is 8.95. The fraction of sp³-hybridized carbons (Fsp3) is 0.870. The lowest BCUT2D eigenvalue weighted by molar-refractivity contribution is -0.165. The maximum Gasteiger partial charge on any atom is 0.306 e. The minimum atomic E-state index is -0.955. The fourth-order valence-corrected chi connectivity index (χ4v) is 7.62. The summed E-state index contributed by atoms with van der Waals surface area (Å²) in [7, 11) is 0. The lowest BCUT2D eigenvalue weighted by Crippen LogP contribution is -2.54. The molecule has 0 bridgehead atoms. The molecule has 28 heavy (non-hydrogen) atoms. The van der Waals surface area contributed by atoms with E-state index >= 15 is 0 Å². The van der Waals surface area contributed by atoms with Crippen LogP contribution < -0.4 is 0 Å². The van der Waals surface area contributed by atoms with Crippen LogP contribution in [0.3, 0.4) is 0 Å². The average Bonchev–Trinajstić information content (AvgIpc) is 2.97. The van der Waals surface area contributed by atoms with Crippen LogP contribution in [0.4, 0.5) is 0 Å². The van der Waals surface area contributed by atoms with Crippen LogP contribution in [0, 0.1) is 34.5 Å². The summed E-state index contributed by atoms with van der Waals surface area (Å²) in [5.41, 5.74) is 0.322. The topological polar surface area (TPSA) is 80.7 Å². The summed E-state index contributed by atoms with van der Waals surface area (Å²) < 4.78 is 5.81. The standard InChI is InChI=1S/C23H34O5/c1-22-11-9-15(24)13-14(22)3-4-16-17-5-6-19(23(17,2)12-10-18(16)22)28-21(27)8-7-20(25)26/h14,16-19H,3-13H2,1-2H3,(H,25,26)/t14-,16-,17-,18-,19+,22-,23-/m0/s1. The number of carboxylic acid groups (broad SMARTS) is 1. The SMILES string of the molecule is C[C@]12CCC(=O)C[C@@H]1CC[C@@H]1[C@@H]2CC[C@]2(C)[C@H](OC(=O)CCC(=O)O)CC[C@@H]12. The molecule has 0 aliphatic heterocycles. The monoisotopic (exact) mass is 390 g/mol. The highest BCUT2D eigenvalue weighted by Crippen LogP contribution is 2.66. The molecule has 0 unspecified atom stereocenters. The Labute approximate surface area is 167 Å². The number of ketones is 1. The summed E-state index contributed by atoms with van der Waals surface area (Å²) in [5, 5.41) is 8.80. The van der Waals surface area contributed by atoms with Crippen molar-refractivity contribution in [1.29, 1.82) is 0 Å². The first kappa shape index (κ1) is 19.9. The second-order valence-electron chi connectivity index (χ2n) is 10.4. The number of Topliss-reactive ketones (excluding diaryl/α,β-unsaturated/α-hetero) is 1. The van der Waals surface area contributed by atoms with Gasteiger partial charge in [-0.1, -0.05) is 13.8 Å². The van der Waals surface area contributed by atoms with Crippen molar-refractivity contribution in [2.75, 3.05) is 0 Å². The van der Waals surface area contributed by atoms with E-state index in [2.05, 4.69) is 13.8 Å². The molecule has 4 fully saturated rings. The molecule has 4 aliphatic carbocycles. The summed E-state index contributed by atoms with van der Waals surface area (Å²) >= 11 is 0. The Bertz CT molecular complexity index is 672. The Hall–Kier alpha value is -1.39. The molecule has 156 valence electrons. The number of hydrogen-bond donors (Lipinski definition) is 1. The normalized spacial score (nSPS) is 44.9. The van der Waals surface area contributed by atoms with Gasteiger partial charge in [0.2, 0.25) is 0 Å². The van der Waals surface area contributed by atoms with Crippen LogP contribution in [0.25, 0.3) is 0 Å². The van der Waals surface area contributed by atoms with Gasteiger partial charge >= 0.3 is 11.9 Å². The van der Waals surface area contributed by atoms with E-state index in [1.807, 2.05) is 0 Å². The molecule has 0 saturated heterocycles. The number of hydrogen-bond acceptors (Lipinski definition) is 4. The Morgan fingerprint density at radius 3 is 2.50 bits per heavy atom. The highest BCUT2D eigenvalue weighted by Gasteiger charge is 2.61. The van der Waals surface area contributed by atoms with Crippen LogP contribution in [0.1, 0.15) is 84.5 Å². The maximum atomic E-state index is 12.2. The molecule has 0 aromatic carbocycles. The first-order valence-corrected chi connectivity index (χ1v) is 11.2. The van der Waals surface area contributed by atoms with E-state index < -0.39 is 5.97 Å². The van der Waals surface area contributed by atoms with Gasteiger partial charge in [-0.2, -0.15) is 0 Å². The minimum absolute atomic E-state index is 0.0216. The smallest absolute Gasteiger partial charge is 0.306 e. The van der Waals surface area contributed by atoms with Crippen LogP contribution >= 0.6 is 0 Å². The highest BCUT2D eigenvalue weighted by atomic mass is 16.5. The second kappa shape index (κ2) is 7.14. The first-order valence-electron chi connectivity index (χ1n) is 11.2. The fourth-order valence-electron chi connectivity index (χ4n) is 7.62. The van der Waals surface area contributed by atoms with Crippen LogP contribution in [0.5, 0.6) is 0 Å². The van der Waals surface area contributed by atoms with Crippen LogP contribution in [0.2, 0.25) is 0 Å². The lowest BCUT2D eigenvalue weighted by atomic mass is 9.45. The molecule has 0 radical (unpaired) electrons. The van der Waals surface area contributed by atoms with Gasteiger partial charge in [0.1, 0.15) is 11.9 Å². The Morgan fingerprint density at radius 2 is 1.75 bits per heavy atom. The van der Waals surface area contributed by atoms with Crippen molar-refractivity contribution in [2.24, 2.45) is 34.5 Å². The van der Waals surface area contributed by atoms with Crippen molar-refractivity contribution >= 4 is 17.7 Å².